The fourth-order valence-electron chi connectivity index (χ4n) is 2.20. The molecule has 4 amide bonds. The molecule has 0 saturated carbocycles. The molecular weight excluding hydrogens is 286 g/mol. The number of nitrogens with one attached hydrogen (secondary N) is 2. The summed E-state index contributed by atoms with van der Waals surface area (Å²) in [5.41, 5.74) is 0.826. The topological polar surface area (TPSA) is 95.6 Å². The average Bonchev–Trinajstić information content (AvgIpc) is 2.76. The Morgan fingerprint density at radius 3 is 2.18 bits per heavy atom. The van der Waals surface area contributed by atoms with Crippen molar-refractivity contribution in [1.29, 1.82) is 0 Å². The second-order valence-corrected chi connectivity index (χ2v) is 4.86. The Bertz CT molecular complexity index is 592. The Morgan fingerprint density at radius 1 is 1.05 bits per heavy atom. The van der Waals surface area contributed by atoms with E-state index < -0.39 is 0 Å². The van der Waals surface area contributed by atoms with Crippen molar-refractivity contribution in [2.75, 3.05) is 20.1 Å². The highest BCUT2D eigenvalue weighted by molar-refractivity contribution is 6.21. The van der Waals surface area contributed by atoms with Gasteiger partial charge in [0.05, 0.1) is 11.1 Å². The molecule has 1 aliphatic heterocycles. The van der Waals surface area contributed by atoms with Crippen LogP contribution in [0.15, 0.2) is 24.3 Å². The van der Waals surface area contributed by atoms with Crippen molar-refractivity contribution in [2.24, 2.45) is 0 Å². The van der Waals surface area contributed by atoms with E-state index in [4.69, 9.17) is 0 Å². The van der Waals surface area contributed by atoms with Gasteiger partial charge in [0.25, 0.3) is 11.8 Å². The van der Waals surface area contributed by atoms with E-state index in [1.54, 1.807) is 24.3 Å². The molecule has 0 spiro atoms. The van der Waals surface area contributed by atoms with Crippen LogP contribution in [-0.4, -0.2) is 48.7 Å². The normalized spacial score (nSPS) is 13.0. The summed E-state index contributed by atoms with van der Waals surface area (Å²) in [6.07, 6.45) is 0.203. The van der Waals surface area contributed by atoms with Crippen molar-refractivity contribution in [3.63, 3.8) is 0 Å². The first kappa shape index (κ1) is 15.7. The standard InChI is InChI=1S/C15H17N3O4/c1-16-12(19)9-13(20)17-7-4-8-18-14(21)10-5-2-3-6-11(10)15(18)22/h2-3,5-6H,4,7-9H2,1H3,(H,16,19)(H,17,20). The van der Waals surface area contributed by atoms with E-state index >= 15 is 0 Å². The predicted octanol–water partition coefficient (Wildman–Crippen LogP) is -0.0750. The predicted molar refractivity (Wildman–Crippen MR) is 78.1 cm³/mol. The van der Waals surface area contributed by atoms with Gasteiger partial charge in [0.2, 0.25) is 11.8 Å². The number of rotatable bonds is 6. The fraction of sp³-hybridized carbons (Fsp3) is 0.333. The smallest absolute Gasteiger partial charge is 0.261 e. The molecule has 0 saturated heterocycles. The van der Waals surface area contributed by atoms with Crippen molar-refractivity contribution in [3.8, 4) is 0 Å². The summed E-state index contributed by atoms with van der Waals surface area (Å²) in [7, 11) is 1.46. The molecule has 2 N–H and O–H groups in total. The van der Waals surface area contributed by atoms with E-state index in [2.05, 4.69) is 10.6 Å². The lowest BCUT2D eigenvalue weighted by atomic mass is 10.1. The van der Waals surface area contributed by atoms with Crippen LogP contribution in [-0.2, 0) is 9.59 Å². The second kappa shape index (κ2) is 6.84. The monoisotopic (exact) mass is 303 g/mol. The summed E-state index contributed by atoms with van der Waals surface area (Å²) in [5, 5.41) is 4.93. The van der Waals surface area contributed by atoms with Gasteiger partial charge in [0.1, 0.15) is 6.42 Å². The molecule has 1 aromatic carbocycles. The molecule has 0 fully saturated rings. The Kier molecular flexibility index (Phi) is 4.88. The molecule has 0 unspecified atom stereocenters. The number of imide groups is 1. The van der Waals surface area contributed by atoms with Crippen LogP contribution in [0.5, 0.6) is 0 Å². The van der Waals surface area contributed by atoms with Crippen molar-refractivity contribution >= 4 is 23.6 Å². The van der Waals surface area contributed by atoms with E-state index in [1.165, 1.54) is 11.9 Å². The van der Waals surface area contributed by atoms with Gasteiger partial charge in [-0.2, -0.15) is 0 Å². The quantitative estimate of drug-likeness (QED) is 0.437. The number of hydrogen-bond acceptors (Lipinski definition) is 4. The number of carbonyl (C=O) groups excluding carboxylic acids is 4. The summed E-state index contributed by atoms with van der Waals surface area (Å²) < 4.78 is 0. The Hall–Kier alpha value is -2.70. The first-order valence-corrected chi connectivity index (χ1v) is 6.97. The van der Waals surface area contributed by atoms with Crippen molar-refractivity contribution < 1.29 is 19.2 Å². The average molecular weight is 303 g/mol. The maximum Gasteiger partial charge on any atom is 0.261 e. The third-order valence-corrected chi connectivity index (χ3v) is 3.36. The summed E-state index contributed by atoms with van der Waals surface area (Å²) in [6, 6.07) is 6.68. The third kappa shape index (κ3) is 3.30. The van der Waals surface area contributed by atoms with Crippen molar-refractivity contribution in [2.45, 2.75) is 12.8 Å². The SMILES string of the molecule is CNC(=O)CC(=O)NCCCN1C(=O)c2ccccc2C1=O. The van der Waals surface area contributed by atoms with Gasteiger partial charge < -0.3 is 10.6 Å². The fourth-order valence-corrected chi connectivity index (χ4v) is 2.20. The van der Waals surface area contributed by atoms with Crippen LogP contribution in [0.1, 0.15) is 33.6 Å². The molecule has 0 atom stereocenters. The molecule has 0 aliphatic carbocycles. The minimum Gasteiger partial charge on any atom is -0.359 e. The number of hydrogen-bond donors (Lipinski definition) is 2. The molecule has 2 rings (SSSR count). The van der Waals surface area contributed by atoms with Crippen LogP contribution in [0.2, 0.25) is 0 Å². The van der Waals surface area contributed by atoms with Crippen LogP contribution < -0.4 is 10.6 Å². The lowest BCUT2D eigenvalue weighted by Crippen LogP contribution is -2.35. The van der Waals surface area contributed by atoms with Crippen molar-refractivity contribution in [3.05, 3.63) is 35.4 Å². The minimum atomic E-state index is -0.387. The van der Waals surface area contributed by atoms with E-state index in [0.717, 1.165) is 0 Å². The largest absolute Gasteiger partial charge is 0.359 e. The zero-order valence-corrected chi connectivity index (χ0v) is 12.2. The van der Waals surface area contributed by atoms with Gasteiger partial charge in [0, 0.05) is 20.1 Å². The number of amides is 4. The van der Waals surface area contributed by atoms with Crippen LogP contribution in [0.3, 0.4) is 0 Å². The van der Waals surface area contributed by atoms with E-state index in [1.807, 2.05) is 0 Å². The number of nitrogens with zero attached hydrogens (tertiary/aromatic N) is 1. The first-order chi connectivity index (χ1) is 10.5. The summed E-state index contributed by atoms with van der Waals surface area (Å²) in [6.45, 7) is 0.524. The van der Waals surface area contributed by atoms with Gasteiger partial charge in [-0.1, -0.05) is 12.1 Å². The molecule has 1 aromatic rings. The Balaban J connectivity index is 1.79. The summed E-state index contributed by atoms with van der Waals surface area (Å²) >= 11 is 0. The molecule has 7 heteroatoms. The lowest BCUT2D eigenvalue weighted by Gasteiger charge is -2.13. The number of benzene rings is 1. The third-order valence-electron chi connectivity index (χ3n) is 3.36. The highest BCUT2D eigenvalue weighted by Crippen LogP contribution is 2.22. The van der Waals surface area contributed by atoms with Crippen LogP contribution >= 0.6 is 0 Å². The van der Waals surface area contributed by atoms with Gasteiger partial charge in [-0.3, -0.25) is 24.1 Å². The highest BCUT2D eigenvalue weighted by Gasteiger charge is 2.34. The van der Waals surface area contributed by atoms with Crippen LogP contribution in [0, 0.1) is 0 Å². The zero-order valence-electron chi connectivity index (χ0n) is 12.2. The molecule has 116 valence electrons. The van der Waals surface area contributed by atoms with Gasteiger partial charge in [-0.05, 0) is 18.6 Å². The molecule has 7 nitrogen and oxygen atoms in total. The lowest BCUT2D eigenvalue weighted by molar-refractivity contribution is -0.128. The summed E-state index contributed by atoms with van der Waals surface area (Å²) in [5.74, 6) is -1.37. The molecular formula is C15H17N3O4. The Labute approximate surface area is 127 Å². The van der Waals surface area contributed by atoms with Gasteiger partial charge in [-0.15, -0.1) is 0 Å². The minimum absolute atomic E-state index is 0.229. The second-order valence-electron chi connectivity index (χ2n) is 4.86. The van der Waals surface area contributed by atoms with Crippen LogP contribution in [0.25, 0.3) is 0 Å². The Morgan fingerprint density at radius 2 is 1.64 bits per heavy atom. The molecule has 1 aliphatic rings. The van der Waals surface area contributed by atoms with Gasteiger partial charge in [0.15, 0.2) is 0 Å². The summed E-state index contributed by atoms with van der Waals surface area (Å²) in [4.78, 5) is 47.7. The maximum absolute atomic E-state index is 12.1. The van der Waals surface area contributed by atoms with Gasteiger partial charge in [-0.25, -0.2) is 0 Å². The van der Waals surface area contributed by atoms with E-state index in [9.17, 15) is 19.2 Å². The number of fused-ring (bicyclic) bond motifs is 1. The van der Waals surface area contributed by atoms with Crippen molar-refractivity contribution in [1.82, 2.24) is 15.5 Å². The first-order valence-electron chi connectivity index (χ1n) is 6.97. The highest BCUT2D eigenvalue weighted by atomic mass is 16.2. The molecule has 0 radical (unpaired) electrons. The molecule has 1 heterocycles. The molecule has 0 bridgehead atoms. The zero-order chi connectivity index (χ0) is 16.1. The van der Waals surface area contributed by atoms with Crippen LogP contribution in [0.4, 0.5) is 0 Å². The maximum atomic E-state index is 12.1. The van der Waals surface area contributed by atoms with E-state index in [0.29, 0.717) is 24.1 Å². The van der Waals surface area contributed by atoms with E-state index in [-0.39, 0.29) is 36.6 Å². The molecule has 0 aromatic heterocycles. The number of carbonyl (C=O) groups is 4. The molecule has 22 heavy (non-hydrogen) atoms. The van der Waals surface area contributed by atoms with Gasteiger partial charge >= 0.3 is 0 Å².